The van der Waals surface area contributed by atoms with E-state index in [1.54, 1.807) is 0 Å². The van der Waals surface area contributed by atoms with Gasteiger partial charge in [0.2, 0.25) is 4.96 Å². The molecule has 0 saturated heterocycles. The quantitative estimate of drug-likeness (QED) is 0.946. The van der Waals surface area contributed by atoms with Crippen molar-refractivity contribution in [3.8, 4) is 0 Å². The molecule has 0 radical (unpaired) electrons. The zero-order chi connectivity index (χ0) is 15.4. The molecule has 2 bridgehead atoms. The van der Waals surface area contributed by atoms with E-state index in [9.17, 15) is 4.79 Å². The molecule has 1 N–H and O–H groups in total. The lowest BCUT2D eigenvalue weighted by molar-refractivity contribution is 0.0918. The van der Waals surface area contributed by atoms with Gasteiger partial charge in [-0.2, -0.15) is 0 Å². The third-order valence-corrected chi connectivity index (χ3v) is 6.78. The monoisotopic (exact) mass is 318 g/mol. The van der Waals surface area contributed by atoms with E-state index in [2.05, 4.69) is 22.4 Å². The molecule has 6 heteroatoms. The van der Waals surface area contributed by atoms with Gasteiger partial charge in [0.05, 0.1) is 0 Å². The Bertz CT molecular complexity index is 734. The lowest BCUT2D eigenvalue weighted by atomic mass is 9.84. The minimum Gasteiger partial charge on any atom is -0.349 e. The van der Waals surface area contributed by atoms with Gasteiger partial charge in [-0.25, -0.2) is 0 Å². The molecule has 1 amide bonds. The molecule has 2 heterocycles. The molecule has 0 spiro atoms. The van der Waals surface area contributed by atoms with Crippen molar-refractivity contribution in [2.24, 2.45) is 17.8 Å². The Morgan fingerprint density at radius 1 is 1.32 bits per heavy atom. The molecule has 4 unspecified atom stereocenters. The van der Waals surface area contributed by atoms with E-state index in [0.717, 1.165) is 33.2 Å². The number of thiazole rings is 1. The van der Waals surface area contributed by atoms with E-state index in [4.69, 9.17) is 0 Å². The average molecular weight is 318 g/mol. The zero-order valence-electron chi connectivity index (χ0n) is 13.3. The first kappa shape index (κ1) is 14.2. The minimum atomic E-state index is 0.0441. The molecule has 5 nitrogen and oxygen atoms in total. The maximum Gasteiger partial charge on any atom is 0.263 e. The Balaban J connectivity index is 1.52. The van der Waals surface area contributed by atoms with Gasteiger partial charge in [-0.1, -0.05) is 17.8 Å². The second-order valence-electron chi connectivity index (χ2n) is 6.98. The first-order valence-electron chi connectivity index (χ1n) is 8.16. The highest BCUT2D eigenvalue weighted by atomic mass is 32.1. The van der Waals surface area contributed by atoms with Crippen LogP contribution in [0.1, 0.15) is 53.8 Å². The van der Waals surface area contributed by atoms with Gasteiger partial charge in [-0.15, -0.1) is 10.2 Å². The van der Waals surface area contributed by atoms with Crippen molar-refractivity contribution in [3.63, 3.8) is 0 Å². The number of hydrogen-bond acceptors (Lipinski definition) is 4. The van der Waals surface area contributed by atoms with Gasteiger partial charge in [0.1, 0.15) is 10.7 Å². The van der Waals surface area contributed by atoms with Crippen molar-refractivity contribution in [1.29, 1.82) is 0 Å². The van der Waals surface area contributed by atoms with Crippen molar-refractivity contribution >= 4 is 22.2 Å². The van der Waals surface area contributed by atoms with E-state index in [0.29, 0.717) is 5.92 Å². The summed E-state index contributed by atoms with van der Waals surface area (Å²) in [6, 6.07) is 0.260. The molecule has 118 valence electrons. The Morgan fingerprint density at radius 2 is 2.14 bits per heavy atom. The summed E-state index contributed by atoms with van der Waals surface area (Å²) in [5.74, 6) is 3.28. The summed E-state index contributed by atoms with van der Waals surface area (Å²) in [5, 5.41) is 11.4. The summed E-state index contributed by atoms with van der Waals surface area (Å²) in [6.07, 6.45) is 5.42. The maximum atomic E-state index is 12.7. The highest BCUT2D eigenvalue weighted by molar-refractivity contribution is 7.19. The largest absolute Gasteiger partial charge is 0.349 e. The van der Waals surface area contributed by atoms with E-state index < -0.39 is 0 Å². The fourth-order valence-electron chi connectivity index (χ4n) is 4.56. The van der Waals surface area contributed by atoms with E-state index in [-0.39, 0.29) is 11.9 Å². The summed E-state index contributed by atoms with van der Waals surface area (Å²) in [6.45, 7) is 6.06. The van der Waals surface area contributed by atoms with Gasteiger partial charge in [-0.3, -0.25) is 9.20 Å². The maximum absolute atomic E-state index is 12.7. The fourth-order valence-corrected chi connectivity index (χ4v) is 5.57. The van der Waals surface area contributed by atoms with Crippen LogP contribution in [0.5, 0.6) is 0 Å². The summed E-state index contributed by atoms with van der Waals surface area (Å²) in [4.78, 5) is 14.2. The van der Waals surface area contributed by atoms with Crippen LogP contribution in [0, 0.1) is 31.6 Å². The third kappa shape index (κ3) is 2.07. The number of nitrogens with one attached hydrogen (secondary N) is 1. The van der Waals surface area contributed by atoms with Crippen LogP contribution in [0.25, 0.3) is 4.96 Å². The van der Waals surface area contributed by atoms with Crippen LogP contribution in [0.2, 0.25) is 0 Å². The standard InChI is InChI=1S/C16H22N4OS/c1-8(13-7-11-4-5-12(13)6-11)17-15(21)14-9(2)20-10(3)18-19-16(20)22-14/h8,11-13H,4-7H2,1-3H3,(H,17,21). The minimum absolute atomic E-state index is 0.0441. The van der Waals surface area contributed by atoms with Gasteiger partial charge in [-0.05, 0) is 57.8 Å². The van der Waals surface area contributed by atoms with E-state index in [1.165, 1.54) is 37.0 Å². The van der Waals surface area contributed by atoms with Gasteiger partial charge in [0, 0.05) is 11.7 Å². The third-order valence-electron chi connectivity index (χ3n) is 5.65. The molecule has 0 aromatic carbocycles. The SMILES string of the molecule is Cc1nnc2sc(C(=O)NC(C)C3CC4CCC3C4)c(C)n12. The smallest absolute Gasteiger partial charge is 0.263 e. The van der Waals surface area contributed by atoms with Gasteiger partial charge < -0.3 is 5.32 Å². The van der Waals surface area contributed by atoms with Crippen LogP contribution in [-0.4, -0.2) is 26.5 Å². The molecule has 4 atom stereocenters. The highest BCUT2D eigenvalue weighted by Gasteiger charge is 2.42. The first-order chi connectivity index (χ1) is 10.5. The van der Waals surface area contributed by atoms with Crippen LogP contribution in [0.15, 0.2) is 0 Å². The Morgan fingerprint density at radius 3 is 2.77 bits per heavy atom. The van der Waals surface area contributed by atoms with Crippen LogP contribution in [0.4, 0.5) is 0 Å². The molecule has 2 aromatic heterocycles. The normalized spacial score (nSPS) is 28.4. The van der Waals surface area contributed by atoms with Crippen LogP contribution in [0.3, 0.4) is 0 Å². The molecule has 2 aliphatic rings. The van der Waals surface area contributed by atoms with E-state index >= 15 is 0 Å². The summed E-state index contributed by atoms with van der Waals surface area (Å²) in [5.41, 5.74) is 0.945. The van der Waals surface area contributed by atoms with Crippen molar-refractivity contribution in [2.45, 2.75) is 52.5 Å². The molecule has 2 saturated carbocycles. The number of carbonyl (C=O) groups excluding carboxylic acids is 1. The molecular formula is C16H22N4OS. The Kier molecular flexibility index (Phi) is 3.25. The van der Waals surface area contributed by atoms with Crippen molar-refractivity contribution in [2.75, 3.05) is 0 Å². The van der Waals surface area contributed by atoms with Gasteiger partial charge >= 0.3 is 0 Å². The predicted octanol–water partition coefficient (Wildman–Crippen LogP) is 2.96. The molecule has 2 fully saturated rings. The van der Waals surface area contributed by atoms with Gasteiger partial charge in [0.15, 0.2) is 0 Å². The second-order valence-corrected chi connectivity index (χ2v) is 7.96. The lowest BCUT2D eigenvalue weighted by Gasteiger charge is -2.28. The molecule has 2 aromatic rings. The summed E-state index contributed by atoms with van der Waals surface area (Å²) >= 11 is 1.43. The first-order valence-corrected chi connectivity index (χ1v) is 8.98. The molecule has 0 aliphatic heterocycles. The van der Waals surface area contributed by atoms with Crippen LogP contribution < -0.4 is 5.32 Å². The molecular weight excluding hydrogens is 296 g/mol. The van der Waals surface area contributed by atoms with Crippen molar-refractivity contribution < 1.29 is 4.79 Å². The van der Waals surface area contributed by atoms with Crippen molar-refractivity contribution in [1.82, 2.24) is 19.9 Å². The topological polar surface area (TPSA) is 59.3 Å². The van der Waals surface area contributed by atoms with Crippen LogP contribution in [-0.2, 0) is 0 Å². The van der Waals surface area contributed by atoms with E-state index in [1.807, 2.05) is 18.2 Å². The van der Waals surface area contributed by atoms with Crippen LogP contribution >= 0.6 is 11.3 Å². The average Bonchev–Trinajstić information content (AvgIpc) is 3.22. The second kappa shape index (κ2) is 5.05. The highest BCUT2D eigenvalue weighted by Crippen LogP contribution is 2.49. The Hall–Kier alpha value is -1.43. The number of hydrogen-bond donors (Lipinski definition) is 1. The number of carbonyl (C=O) groups is 1. The number of amides is 1. The fraction of sp³-hybridized carbons (Fsp3) is 0.688. The predicted molar refractivity (Wildman–Crippen MR) is 86.2 cm³/mol. The molecule has 22 heavy (non-hydrogen) atoms. The molecule has 2 aliphatic carbocycles. The Labute approximate surface area is 134 Å². The van der Waals surface area contributed by atoms with Gasteiger partial charge in [0.25, 0.3) is 5.91 Å². The lowest BCUT2D eigenvalue weighted by Crippen LogP contribution is -2.40. The number of aryl methyl sites for hydroxylation is 2. The number of nitrogens with zero attached hydrogens (tertiary/aromatic N) is 3. The number of aromatic nitrogens is 3. The van der Waals surface area contributed by atoms with Crippen molar-refractivity contribution in [3.05, 3.63) is 16.4 Å². The number of rotatable bonds is 3. The zero-order valence-corrected chi connectivity index (χ0v) is 14.1. The summed E-state index contributed by atoms with van der Waals surface area (Å²) in [7, 11) is 0. The molecule has 4 rings (SSSR count). The number of fused-ring (bicyclic) bond motifs is 3. The summed E-state index contributed by atoms with van der Waals surface area (Å²) < 4.78 is 1.96.